The Hall–Kier alpha value is -5.17. The summed E-state index contributed by atoms with van der Waals surface area (Å²) in [5, 5.41) is 14.6. The normalized spacial score (nSPS) is 19.6. The van der Waals surface area contributed by atoms with Gasteiger partial charge < -0.3 is 26.0 Å². The number of hydrogen-bond acceptors (Lipinski definition) is 10. The zero-order valence-corrected chi connectivity index (χ0v) is 26.6. The smallest absolute Gasteiger partial charge is 0.269 e. The van der Waals surface area contributed by atoms with Gasteiger partial charge in [-0.15, -0.1) is 10.2 Å². The lowest BCUT2D eigenvalue weighted by atomic mass is 9.62. The van der Waals surface area contributed by atoms with Crippen molar-refractivity contribution in [2.75, 3.05) is 44.7 Å². The first-order valence-corrected chi connectivity index (χ1v) is 15.8. The number of benzene rings is 1. The second-order valence-corrected chi connectivity index (χ2v) is 12.7. The molecule has 13 heteroatoms. The number of rotatable bonds is 8. The molecular weight excluding hydrogens is 596 g/mol. The van der Waals surface area contributed by atoms with Crippen molar-refractivity contribution in [3.8, 4) is 11.3 Å². The van der Waals surface area contributed by atoms with Crippen LogP contribution in [0.5, 0.6) is 0 Å². The number of nitrogens with zero attached hydrogens (tertiary/aromatic N) is 8. The highest BCUT2D eigenvalue weighted by atomic mass is 16.5. The number of aromatic nitrogens is 5. The van der Waals surface area contributed by atoms with E-state index in [0.29, 0.717) is 38.4 Å². The predicted molar refractivity (Wildman–Crippen MR) is 178 cm³/mol. The molecule has 1 aromatic carbocycles. The van der Waals surface area contributed by atoms with Crippen molar-refractivity contribution in [3.05, 3.63) is 71.8 Å². The molecule has 2 aliphatic heterocycles. The number of anilines is 1. The number of hydrogen-bond donors (Lipinski definition) is 2. The first-order chi connectivity index (χ1) is 22.7. The highest BCUT2D eigenvalue weighted by molar-refractivity contribution is 6.09. The number of carbonyl (C=O) groups excluding carboxylic acids is 2. The summed E-state index contributed by atoms with van der Waals surface area (Å²) in [5.74, 6) is 0.224. The van der Waals surface area contributed by atoms with Gasteiger partial charge in [-0.3, -0.25) is 24.2 Å². The minimum absolute atomic E-state index is 0.0303. The molecule has 242 valence electrons. The molecule has 7 rings (SSSR count). The molecule has 2 saturated heterocycles. The summed E-state index contributed by atoms with van der Waals surface area (Å²) >= 11 is 0. The van der Waals surface area contributed by atoms with E-state index in [1.807, 2.05) is 35.4 Å². The van der Waals surface area contributed by atoms with Crippen LogP contribution in [0.4, 0.5) is 5.82 Å². The zero-order chi connectivity index (χ0) is 32.7. The van der Waals surface area contributed by atoms with Crippen LogP contribution in [0.3, 0.4) is 0 Å². The Morgan fingerprint density at radius 1 is 1.11 bits per heavy atom. The molecule has 1 spiro atoms. The summed E-state index contributed by atoms with van der Waals surface area (Å²) in [4.78, 5) is 36.5. The largest absolute Gasteiger partial charge is 0.398 e. The van der Waals surface area contributed by atoms with Crippen LogP contribution in [-0.4, -0.2) is 93.3 Å². The Kier molecular flexibility index (Phi) is 7.92. The molecule has 0 radical (unpaired) electrons. The van der Waals surface area contributed by atoms with Crippen LogP contribution >= 0.6 is 0 Å². The van der Waals surface area contributed by atoms with Gasteiger partial charge in [-0.1, -0.05) is 18.2 Å². The van der Waals surface area contributed by atoms with Gasteiger partial charge in [0.15, 0.2) is 11.5 Å². The van der Waals surface area contributed by atoms with Gasteiger partial charge >= 0.3 is 0 Å². The van der Waals surface area contributed by atoms with Gasteiger partial charge in [-0.05, 0) is 36.4 Å². The fourth-order valence-corrected chi connectivity index (χ4v) is 7.00. The van der Waals surface area contributed by atoms with Gasteiger partial charge in [0.1, 0.15) is 0 Å². The van der Waals surface area contributed by atoms with Crippen LogP contribution in [0, 0.1) is 5.41 Å². The van der Waals surface area contributed by atoms with Crippen molar-refractivity contribution in [3.63, 3.8) is 0 Å². The third kappa shape index (κ3) is 5.94. The molecule has 0 atom stereocenters. The Balaban J connectivity index is 0.946. The number of piperidine rings is 1. The summed E-state index contributed by atoms with van der Waals surface area (Å²) < 4.78 is 8.06. The number of fused-ring (bicyclic) bond motifs is 1. The van der Waals surface area contributed by atoms with Gasteiger partial charge in [0.2, 0.25) is 5.91 Å². The Morgan fingerprint density at radius 3 is 2.66 bits per heavy atom. The van der Waals surface area contributed by atoms with Gasteiger partial charge in [0, 0.05) is 97.9 Å². The molecular formula is C34H38N10O3. The molecule has 4 N–H and O–H groups in total. The number of likely N-dealkylation sites (tertiary alicyclic amines) is 1. The molecule has 0 bridgehead atoms. The molecule has 1 saturated carbocycles. The maximum atomic E-state index is 12.1. The number of primary amides is 1. The third-order valence-corrected chi connectivity index (χ3v) is 9.61. The van der Waals surface area contributed by atoms with Crippen LogP contribution in [0.1, 0.15) is 42.2 Å². The van der Waals surface area contributed by atoms with Gasteiger partial charge in [0.05, 0.1) is 31.1 Å². The number of pyridine rings is 1. The van der Waals surface area contributed by atoms with Crippen LogP contribution in [0.25, 0.3) is 27.7 Å². The average Bonchev–Trinajstić information content (AvgIpc) is 3.52. The molecule has 4 aromatic rings. The van der Waals surface area contributed by atoms with Crippen molar-refractivity contribution in [2.24, 2.45) is 21.9 Å². The van der Waals surface area contributed by atoms with E-state index >= 15 is 0 Å². The number of ether oxygens (including phenoxy) is 1. The average molecular weight is 635 g/mol. The summed E-state index contributed by atoms with van der Waals surface area (Å²) in [6.45, 7) is 5.74. The van der Waals surface area contributed by atoms with E-state index in [-0.39, 0.29) is 23.1 Å². The second-order valence-electron chi connectivity index (χ2n) is 12.7. The van der Waals surface area contributed by atoms with Crippen LogP contribution in [0.2, 0.25) is 0 Å². The van der Waals surface area contributed by atoms with Crippen molar-refractivity contribution in [1.82, 2.24) is 29.9 Å². The maximum absolute atomic E-state index is 12.1. The van der Waals surface area contributed by atoms with Crippen molar-refractivity contribution in [1.29, 1.82) is 0 Å². The minimum Gasteiger partial charge on any atom is -0.398 e. The number of amides is 2. The first-order valence-electron chi connectivity index (χ1n) is 15.8. The lowest BCUT2D eigenvalue weighted by Gasteiger charge is -2.59. The lowest BCUT2D eigenvalue weighted by molar-refractivity contribution is -0.128. The number of carbonyl (C=O) groups is 2. The Labute approximate surface area is 272 Å². The number of nitrogens with two attached hydrogens (primary N) is 2. The highest BCUT2D eigenvalue weighted by Crippen LogP contribution is 2.50. The van der Waals surface area contributed by atoms with E-state index in [9.17, 15) is 9.59 Å². The minimum atomic E-state index is -0.574. The topological polar surface area (TPSA) is 171 Å². The predicted octanol–water partition coefficient (Wildman–Crippen LogP) is 2.67. The van der Waals surface area contributed by atoms with Gasteiger partial charge in [-0.2, -0.15) is 5.10 Å². The Morgan fingerprint density at radius 2 is 1.94 bits per heavy atom. The van der Waals surface area contributed by atoms with Crippen LogP contribution < -0.4 is 16.4 Å². The van der Waals surface area contributed by atoms with E-state index in [2.05, 4.69) is 37.3 Å². The number of aliphatic imine (C=N–C) groups is 1. The summed E-state index contributed by atoms with van der Waals surface area (Å²) in [6.07, 6.45) is 8.65. The molecule has 3 aliphatic rings. The van der Waals surface area contributed by atoms with Crippen LogP contribution in [0.15, 0.2) is 65.6 Å². The SMILES string of the molecule is CN=C1CCN(C(C)=O)C/C1=C(/N)c1cccc2cc(-c3cnn(CCOC4CC5(C4)CN(c4ccc(C(N)=O)nn4)C5)c3)ncc12. The highest BCUT2D eigenvalue weighted by Gasteiger charge is 2.53. The second kappa shape index (κ2) is 12.2. The van der Waals surface area contributed by atoms with E-state index < -0.39 is 5.91 Å². The van der Waals surface area contributed by atoms with Crippen molar-refractivity contribution in [2.45, 2.75) is 38.8 Å². The van der Waals surface area contributed by atoms with E-state index in [0.717, 1.165) is 70.6 Å². The lowest BCUT2D eigenvalue weighted by Crippen LogP contribution is -2.64. The molecule has 3 fully saturated rings. The third-order valence-electron chi connectivity index (χ3n) is 9.61. The molecule has 13 nitrogen and oxygen atoms in total. The summed E-state index contributed by atoms with van der Waals surface area (Å²) in [5.41, 5.74) is 17.6. The molecule has 47 heavy (non-hydrogen) atoms. The fourth-order valence-electron chi connectivity index (χ4n) is 7.00. The molecule has 1 aliphatic carbocycles. The Bertz CT molecular complexity index is 1900. The zero-order valence-electron chi connectivity index (χ0n) is 26.6. The summed E-state index contributed by atoms with van der Waals surface area (Å²) in [6, 6.07) is 11.5. The first kappa shape index (κ1) is 30.5. The molecule has 5 heterocycles. The molecule has 0 unspecified atom stereocenters. The molecule has 3 aromatic heterocycles. The van der Waals surface area contributed by atoms with E-state index in [1.54, 1.807) is 31.0 Å². The van der Waals surface area contributed by atoms with Crippen LogP contribution in [-0.2, 0) is 16.1 Å². The van der Waals surface area contributed by atoms with E-state index in [4.69, 9.17) is 21.2 Å². The van der Waals surface area contributed by atoms with Gasteiger partial charge in [0.25, 0.3) is 5.91 Å². The monoisotopic (exact) mass is 634 g/mol. The summed E-state index contributed by atoms with van der Waals surface area (Å²) in [7, 11) is 1.77. The standard InChI is InChI=1S/C34H38N10O3/c1-21(45)42-9-8-28(37-2)27(18-42)32(35)25-5-3-4-22-12-30(38-16-26(22)25)23-15-39-44(17-23)10-11-47-24-13-34(14-24)19-43(20-34)31-7-6-29(33(36)46)40-41-31/h3-7,12,15-17,24H,8-11,13-14,18-20,35H2,1-2H3,(H2,36,46)/b32-27-,37-28?. The fraction of sp³-hybridized carbons (Fsp3) is 0.382. The molecule has 2 amide bonds. The van der Waals surface area contributed by atoms with Gasteiger partial charge in [-0.25, -0.2) is 0 Å². The maximum Gasteiger partial charge on any atom is 0.269 e. The van der Waals surface area contributed by atoms with Crippen molar-refractivity contribution >= 4 is 39.8 Å². The quantitative estimate of drug-likeness (QED) is 0.296. The van der Waals surface area contributed by atoms with Crippen molar-refractivity contribution < 1.29 is 14.3 Å². The van der Waals surface area contributed by atoms with E-state index in [1.165, 1.54) is 0 Å².